The summed E-state index contributed by atoms with van der Waals surface area (Å²) in [7, 11) is 1.61. The molecule has 0 aliphatic heterocycles. The molecular weight excluding hydrogens is 460 g/mol. The fraction of sp³-hybridized carbons (Fsp3) is 0.200. The SMILES string of the molecule is COc1cccc(/C(C)=N\NC(=O)CSc2nnc(SCc3ccc(Cl)cc3)s2)c1. The van der Waals surface area contributed by atoms with Crippen LogP contribution in [-0.4, -0.2) is 34.7 Å². The molecule has 0 aliphatic rings. The smallest absolute Gasteiger partial charge is 0.250 e. The van der Waals surface area contributed by atoms with Gasteiger partial charge in [-0.05, 0) is 36.8 Å². The molecule has 3 rings (SSSR count). The molecule has 0 bridgehead atoms. The van der Waals surface area contributed by atoms with Gasteiger partial charge < -0.3 is 4.74 Å². The Morgan fingerprint density at radius 3 is 2.63 bits per heavy atom. The first kappa shape index (κ1) is 22.6. The Morgan fingerprint density at radius 1 is 1.17 bits per heavy atom. The van der Waals surface area contributed by atoms with E-state index >= 15 is 0 Å². The Kier molecular flexibility index (Phi) is 8.56. The van der Waals surface area contributed by atoms with Crippen molar-refractivity contribution in [1.82, 2.24) is 15.6 Å². The van der Waals surface area contributed by atoms with Crippen LogP contribution in [0.2, 0.25) is 5.02 Å². The van der Waals surface area contributed by atoms with Gasteiger partial charge in [0.05, 0.1) is 18.6 Å². The maximum atomic E-state index is 12.1. The Labute approximate surface area is 192 Å². The number of methoxy groups -OCH3 is 1. The number of hydrogen-bond donors (Lipinski definition) is 1. The van der Waals surface area contributed by atoms with Crippen LogP contribution in [0.3, 0.4) is 0 Å². The molecule has 0 radical (unpaired) electrons. The van der Waals surface area contributed by atoms with Crippen molar-refractivity contribution in [3.8, 4) is 5.75 Å². The highest BCUT2D eigenvalue weighted by atomic mass is 35.5. The first-order valence-electron chi connectivity index (χ1n) is 8.84. The van der Waals surface area contributed by atoms with Crippen LogP contribution < -0.4 is 10.2 Å². The highest BCUT2D eigenvalue weighted by Crippen LogP contribution is 2.30. The number of rotatable bonds is 9. The maximum absolute atomic E-state index is 12.1. The van der Waals surface area contributed by atoms with Gasteiger partial charge in [0.1, 0.15) is 5.75 Å². The van der Waals surface area contributed by atoms with Gasteiger partial charge in [0.15, 0.2) is 8.68 Å². The molecule has 6 nitrogen and oxygen atoms in total. The third kappa shape index (κ3) is 7.02. The van der Waals surface area contributed by atoms with Crippen LogP contribution in [0.1, 0.15) is 18.1 Å². The summed E-state index contributed by atoms with van der Waals surface area (Å²) in [5.41, 5.74) is 5.32. The summed E-state index contributed by atoms with van der Waals surface area (Å²) in [6.07, 6.45) is 0. The van der Waals surface area contributed by atoms with Gasteiger partial charge in [0.2, 0.25) is 0 Å². The van der Waals surface area contributed by atoms with Crippen LogP contribution in [0.5, 0.6) is 5.75 Å². The Balaban J connectivity index is 1.45. The lowest BCUT2D eigenvalue weighted by Crippen LogP contribution is -2.21. The average molecular weight is 479 g/mol. The second kappa shape index (κ2) is 11.4. The number of aromatic nitrogens is 2. The summed E-state index contributed by atoms with van der Waals surface area (Å²) in [6.45, 7) is 1.83. The van der Waals surface area contributed by atoms with Gasteiger partial charge in [0, 0.05) is 16.3 Å². The van der Waals surface area contributed by atoms with E-state index in [9.17, 15) is 4.79 Å². The Bertz CT molecular complexity index is 1020. The number of amides is 1. The van der Waals surface area contributed by atoms with E-state index in [0.717, 1.165) is 36.3 Å². The lowest BCUT2D eigenvalue weighted by atomic mass is 10.1. The highest BCUT2D eigenvalue weighted by Gasteiger charge is 2.09. The van der Waals surface area contributed by atoms with Crippen molar-refractivity contribution in [3.05, 3.63) is 64.7 Å². The third-order valence-corrected chi connectivity index (χ3v) is 7.34. The number of hydrogen-bond acceptors (Lipinski definition) is 8. The summed E-state index contributed by atoms with van der Waals surface area (Å²) in [5.74, 6) is 1.54. The summed E-state index contributed by atoms with van der Waals surface area (Å²) in [5, 5.41) is 13.2. The normalized spacial score (nSPS) is 11.4. The van der Waals surface area contributed by atoms with E-state index in [2.05, 4.69) is 20.7 Å². The molecule has 1 N–H and O–H groups in total. The largest absolute Gasteiger partial charge is 0.497 e. The Morgan fingerprint density at radius 2 is 1.90 bits per heavy atom. The predicted octanol–water partition coefficient (Wildman–Crippen LogP) is 5.12. The zero-order valence-electron chi connectivity index (χ0n) is 16.3. The summed E-state index contributed by atoms with van der Waals surface area (Å²) < 4.78 is 6.81. The number of ether oxygens (including phenoxy) is 1. The molecule has 0 saturated carbocycles. The molecule has 3 aromatic rings. The van der Waals surface area contributed by atoms with Crippen LogP contribution in [-0.2, 0) is 10.5 Å². The number of benzene rings is 2. The van der Waals surface area contributed by atoms with Crippen LogP contribution >= 0.6 is 46.5 Å². The molecule has 1 aromatic heterocycles. The number of carbonyl (C=O) groups excluding carboxylic acids is 1. The molecule has 10 heteroatoms. The fourth-order valence-electron chi connectivity index (χ4n) is 2.26. The molecule has 1 heterocycles. The number of thioether (sulfide) groups is 2. The lowest BCUT2D eigenvalue weighted by Gasteiger charge is -2.04. The van der Waals surface area contributed by atoms with Crippen molar-refractivity contribution >= 4 is 58.1 Å². The van der Waals surface area contributed by atoms with Gasteiger partial charge in [0.25, 0.3) is 5.91 Å². The standard InChI is InChI=1S/C20H19ClN4O2S3/c1-13(15-4-3-5-17(10-15)27-2)22-23-18(26)12-29-20-25-24-19(30-20)28-11-14-6-8-16(21)9-7-14/h3-10H,11-12H2,1-2H3,(H,23,26)/b22-13-. The van der Waals surface area contributed by atoms with Crippen molar-refractivity contribution in [2.45, 2.75) is 21.4 Å². The monoisotopic (exact) mass is 478 g/mol. The molecule has 30 heavy (non-hydrogen) atoms. The van der Waals surface area contributed by atoms with Gasteiger partial charge >= 0.3 is 0 Å². The maximum Gasteiger partial charge on any atom is 0.250 e. The molecule has 0 spiro atoms. The second-order valence-corrected chi connectivity index (χ2v) is 9.86. The Hall–Kier alpha value is -2.07. The lowest BCUT2D eigenvalue weighted by molar-refractivity contribution is -0.118. The first-order chi connectivity index (χ1) is 14.5. The van der Waals surface area contributed by atoms with E-state index in [4.69, 9.17) is 16.3 Å². The molecule has 0 aliphatic carbocycles. The van der Waals surface area contributed by atoms with Crippen LogP contribution in [0.4, 0.5) is 0 Å². The van der Waals surface area contributed by atoms with Gasteiger partial charge in [-0.15, -0.1) is 10.2 Å². The number of nitrogens with zero attached hydrogens (tertiary/aromatic N) is 3. The number of carbonyl (C=O) groups is 1. The van der Waals surface area contributed by atoms with E-state index in [1.54, 1.807) is 18.9 Å². The van der Waals surface area contributed by atoms with E-state index < -0.39 is 0 Å². The van der Waals surface area contributed by atoms with Gasteiger partial charge in [-0.3, -0.25) is 4.79 Å². The zero-order chi connectivity index (χ0) is 21.3. The van der Waals surface area contributed by atoms with E-state index in [1.807, 2.05) is 55.5 Å². The summed E-state index contributed by atoms with van der Waals surface area (Å²) in [6, 6.07) is 15.2. The molecule has 0 atom stereocenters. The van der Waals surface area contributed by atoms with Crippen molar-refractivity contribution < 1.29 is 9.53 Å². The minimum Gasteiger partial charge on any atom is -0.497 e. The first-order valence-corrected chi connectivity index (χ1v) is 12.0. The molecule has 0 saturated heterocycles. The quantitative estimate of drug-likeness (QED) is 0.261. The molecule has 0 unspecified atom stereocenters. The molecular formula is C20H19ClN4O2S3. The zero-order valence-corrected chi connectivity index (χ0v) is 19.5. The molecule has 0 fully saturated rings. The van der Waals surface area contributed by atoms with E-state index in [0.29, 0.717) is 5.71 Å². The molecule has 156 valence electrons. The van der Waals surface area contributed by atoms with Gasteiger partial charge in [-0.25, -0.2) is 5.43 Å². The average Bonchev–Trinajstić information content (AvgIpc) is 3.23. The van der Waals surface area contributed by atoms with Crippen LogP contribution in [0.25, 0.3) is 0 Å². The minimum atomic E-state index is -0.201. The number of hydrazone groups is 1. The van der Waals surface area contributed by atoms with Crippen molar-refractivity contribution in [1.29, 1.82) is 0 Å². The van der Waals surface area contributed by atoms with Gasteiger partial charge in [-0.1, -0.05) is 70.7 Å². The van der Waals surface area contributed by atoms with Crippen molar-refractivity contribution in [2.75, 3.05) is 12.9 Å². The number of nitrogens with one attached hydrogen (secondary N) is 1. The van der Waals surface area contributed by atoms with Crippen molar-refractivity contribution in [2.24, 2.45) is 5.10 Å². The van der Waals surface area contributed by atoms with Crippen molar-refractivity contribution in [3.63, 3.8) is 0 Å². The van der Waals surface area contributed by atoms with Crippen LogP contribution in [0.15, 0.2) is 62.3 Å². The van der Waals surface area contributed by atoms with E-state index in [-0.39, 0.29) is 11.7 Å². The van der Waals surface area contributed by atoms with Crippen LogP contribution in [0, 0.1) is 0 Å². The topological polar surface area (TPSA) is 76.5 Å². The minimum absolute atomic E-state index is 0.201. The summed E-state index contributed by atoms with van der Waals surface area (Å²) >= 11 is 10.3. The summed E-state index contributed by atoms with van der Waals surface area (Å²) in [4.78, 5) is 12.1. The van der Waals surface area contributed by atoms with Gasteiger partial charge in [-0.2, -0.15) is 5.10 Å². The fourth-order valence-corrected chi connectivity index (χ4v) is 5.15. The predicted molar refractivity (Wildman–Crippen MR) is 125 cm³/mol. The third-order valence-electron chi connectivity index (χ3n) is 3.83. The number of halogens is 1. The molecule has 2 aromatic carbocycles. The molecule has 1 amide bonds. The van der Waals surface area contributed by atoms with E-state index in [1.165, 1.54) is 23.1 Å². The highest BCUT2D eigenvalue weighted by molar-refractivity contribution is 8.03. The second-order valence-electron chi connectivity index (χ2n) is 6.00.